The lowest BCUT2D eigenvalue weighted by Gasteiger charge is -2.53. The number of nitrogens with zero attached hydrogens (tertiary/aromatic N) is 2. The van der Waals surface area contributed by atoms with E-state index in [9.17, 15) is 19.8 Å². The van der Waals surface area contributed by atoms with E-state index in [1.807, 2.05) is 25.7 Å². The van der Waals surface area contributed by atoms with Crippen molar-refractivity contribution < 1.29 is 34.1 Å². The Kier molecular flexibility index (Phi) is 7.44. The van der Waals surface area contributed by atoms with Crippen LogP contribution in [0.1, 0.15) is 62.0 Å². The second-order valence-corrected chi connectivity index (χ2v) is 12.0. The number of nitrogens with two attached hydrogens (primary N) is 2. The number of aromatic hydroxyl groups is 1. The van der Waals surface area contributed by atoms with Crippen LogP contribution >= 0.6 is 0 Å². The standard InChI is InChI=1S/C29H40N4O7/c1-13(32-40-28(2,3)4)15-11-19(30)24(35)21-16(15)9-14-10-18-22(33(5)6)23(34)17(27(31)37)12-29(18,39-8)26(38-7)20(14)25(21)36/h11,14,18,22,34-35H,9-10,12,30H2,1-8H3,(H2,31,37)/b32-13+/t14-,18-,22-,29-/m0/s1. The van der Waals surface area contributed by atoms with Gasteiger partial charge in [0.15, 0.2) is 5.78 Å². The highest BCUT2D eigenvalue weighted by Gasteiger charge is 2.60. The average molecular weight is 557 g/mol. The molecule has 1 aromatic rings. The molecule has 0 spiro atoms. The number of carbonyl (C=O) groups excluding carboxylic acids is 2. The molecular formula is C29H40N4O7. The summed E-state index contributed by atoms with van der Waals surface area (Å²) in [7, 11) is 6.53. The van der Waals surface area contributed by atoms with E-state index in [4.69, 9.17) is 25.8 Å². The van der Waals surface area contributed by atoms with E-state index in [0.717, 1.165) is 0 Å². The van der Waals surface area contributed by atoms with E-state index in [1.165, 1.54) is 14.2 Å². The molecule has 0 bridgehead atoms. The zero-order chi connectivity index (χ0) is 29.9. The number of phenols is 1. The molecule has 0 saturated carbocycles. The van der Waals surface area contributed by atoms with Gasteiger partial charge in [-0.25, -0.2) is 0 Å². The van der Waals surface area contributed by atoms with Gasteiger partial charge in [0.25, 0.3) is 0 Å². The highest BCUT2D eigenvalue weighted by atomic mass is 16.6. The van der Waals surface area contributed by atoms with Crippen LogP contribution < -0.4 is 11.5 Å². The van der Waals surface area contributed by atoms with Gasteiger partial charge in [0, 0.05) is 30.6 Å². The molecule has 218 valence electrons. The number of nitrogen functional groups attached to an aromatic ring is 1. The second-order valence-electron chi connectivity index (χ2n) is 12.0. The summed E-state index contributed by atoms with van der Waals surface area (Å²) < 4.78 is 12.1. The molecule has 4 atom stereocenters. The number of phenolic OH excluding ortho intramolecular Hbond substituents is 1. The van der Waals surface area contributed by atoms with E-state index in [1.54, 1.807) is 27.1 Å². The van der Waals surface area contributed by atoms with Gasteiger partial charge in [-0.1, -0.05) is 5.16 Å². The fourth-order valence-corrected chi connectivity index (χ4v) is 6.55. The Labute approximate surface area is 234 Å². The summed E-state index contributed by atoms with van der Waals surface area (Å²) in [6, 6.07) is 0.986. The first-order valence-electron chi connectivity index (χ1n) is 13.2. The van der Waals surface area contributed by atoms with E-state index in [0.29, 0.717) is 35.3 Å². The summed E-state index contributed by atoms with van der Waals surface area (Å²) in [5, 5.41) is 26.5. The third-order valence-corrected chi connectivity index (χ3v) is 8.21. The number of aliphatic hydroxyl groups excluding tert-OH is 1. The average Bonchev–Trinajstić information content (AvgIpc) is 2.86. The number of hydrogen-bond donors (Lipinski definition) is 4. The number of benzene rings is 1. The number of allylic oxidation sites excluding steroid dienone is 1. The van der Waals surface area contributed by atoms with Gasteiger partial charge in [-0.2, -0.15) is 0 Å². The number of aliphatic hydroxyl groups is 1. The van der Waals surface area contributed by atoms with Gasteiger partial charge >= 0.3 is 0 Å². The Hall–Kier alpha value is -3.57. The van der Waals surface area contributed by atoms with Gasteiger partial charge in [0.1, 0.15) is 28.5 Å². The normalized spacial score (nSPS) is 26.9. The predicted octanol–water partition coefficient (Wildman–Crippen LogP) is 2.81. The van der Waals surface area contributed by atoms with E-state index in [2.05, 4.69) is 5.16 Å². The minimum atomic E-state index is -1.25. The highest BCUT2D eigenvalue weighted by molar-refractivity contribution is 6.16. The number of methoxy groups -OCH3 is 2. The number of ketones is 1. The van der Waals surface area contributed by atoms with Crippen LogP contribution in [-0.2, 0) is 25.5 Å². The molecule has 3 aliphatic rings. The maximum absolute atomic E-state index is 14.3. The minimum absolute atomic E-state index is 0.0223. The van der Waals surface area contributed by atoms with Crippen LogP contribution in [0.2, 0.25) is 0 Å². The molecule has 1 amide bonds. The number of oxime groups is 1. The van der Waals surface area contributed by atoms with Crippen LogP contribution in [0.5, 0.6) is 5.75 Å². The lowest BCUT2D eigenvalue weighted by molar-refractivity contribution is -0.123. The summed E-state index contributed by atoms with van der Waals surface area (Å²) in [4.78, 5) is 34.1. The summed E-state index contributed by atoms with van der Waals surface area (Å²) in [6.07, 6.45) is 0.737. The fraction of sp³-hybridized carbons (Fsp3) is 0.552. The van der Waals surface area contributed by atoms with Crippen molar-refractivity contribution in [1.82, 2.24) is 4.90 Å². The highest BCUT2D eigenvalue weighted by Crippen LogP contribution is 2.56. The molecule has 0 fully saturated rings. The van der Waals surface area contributed by atoms with Crippen LogP contribution in [0, 0.1) is 11.8 Å². The summed E-state index contributed by atoms with van der Waals surface area (Å²) >= 11 is 0. The number of primary amides is 1. The number of fused-ring (bicyclic) bond motifs is 3. The zero-order valence-electron chi connectivity index (χ0n) is 24.4. The summed E-state index contributed by atoms with van der Waals surface area (Å²) in [5.74, 6) is -2.10. The monoisotopic (exact) mass is 556 g/mol. The van der Waals surface area contributed by atoms with Crippen LogP contribution in [0.25, 0.3) is 0 Å². The first-order valence-corrected chi connectivity index (χ1v) is 13.2. The fourth-order valence-electron chi connectivity index (χ4n) is 6.55. The van der Waals surface area contributed by atoms with Crippen molar-refractivity contribution in [2.45, 2.75) is 64.2 Å². The maximum Gasteiger partial charge on any atom is 0.248 e. The van der Waals surface area contributed by atoms with E-state index < -0.39 is 34.9 Å². The minimum Gasteiger partial charge on any atom is -0.510 e. The summed E-state index contributed by atoms with van der Waals surface area (Å²) in [5.41, 5.74) is 12.3. The molecule has 11 nitrogen and oxygen atoms in total. The van der Waals surface area contributed by atoms with Crippen molar-refractivity contribution in [2.24, 2.45) is 22.7 Å². The molecule has 40 heavy (non-hydrogen) atoms. The molecule has 4 rings (SSSR count). The molecule has 0 heterocycles. The third-order valence-electron chi connectivity index (χ3n) is 8.21. The van der Waals surface area contributed by atoms with Crippen molar-refractivity contribution >= 4 is 23.1 Å². The SMILES string of the molecule is COC1=C2C(=O)c3c(O)c(N)cc(/C(C)=N/OC(C)(C)C)c3C[C@H]2C[C@H]2[C@H](N(C)C)C(O)=C(C(N)=O)C[C@@]12OC. The molecule has 0 radical (unpaired) electrons. The van der Waals surface area contributed by atoms with Gasteiger partial charge in [0.2, 0.25) is 5.91 Å². The number of anilines is 1. The number of ether oxygens (including phenoxy) is 2. The Bertz CT molecular complexity index is 1350. The largest absolute Gasteiger partial charge is 0.510 e. The molecule has 0 aromatic heterocycles. The lowest BCUT2D eigenvalue weighted by Crippen LogP contribution is -2.60. The summed E-state index contributed by atoms with van der Waals surface area (Å²) in [6.45, 7) is 7.39. The van der Waals surface area contributed by atoms with E-state index in [-0.39, 0.29) is 46.4 Å². The lowest BCUT2D eigenvalue weighted by atomic mass is 9.58. The number of amides is 1. The quantitative estimate of drug-likeness (QED) is 0.178. The Morgan fingerprint density at radius 3 is 2.40 bits per heavy atom. The second kappa shape index (κ2) is 10.1. The van der Waals surface area contributed by atoms with Crippen molar-refractivity contribution in [3.63, 3.8) is 0 Å². The van der Waals surface area contributed by atoms with Crippen LogP contribution in [0.15, 0.2) is 33.9 Å². The number of hydrogen-bond acceptors (Lipinski definition) is 10. The smallest absolute Gasteiger partial charge is 0.248 e. The van der Waals surface area contributed by atoms with Crippen LogP contribution in [-0.4, -0.2) is 78.1 Å². The van der Waals surface area contributed by atoms with Crippen molar-refractivity contribution in [3.05, 3.63) is 45.4 Å². The molecule has 0 saturated heterocycles. The molecule has 6 N–H and O–H groups in total. The van der Waals surface area contributed by atoms with Crippen molar-refractivity contribution in [3.8, 4) is 5.75 Å². The van der Waals surface area contributed by atoms with Crippen LogP contribution in [0.4, 0.5) is 5.69 Å². The molecule has 0 unspecified atom stereocenters. The number of Topliss-reactive ketones (excluding diaryl/α,β-unsaturated/α-hetero) is 1. The third kappa shape index (κ3) is 4.50. The topological polar surface area (TPSA) is 170 Å². The molecule has 1 aromatic carbocycles. The van der Waals surface area contributed by atoms with Gasteiger partial charge in [-0.3, -0.25) is 14.5 Å². The molecule has 0 aliphatic heterocycles. The number of likely N-dealkylation sites (N-methyl/N-ethyl adjacent to an activating group) is 1. The van der Waals surface area contributed by atoms with Gasteiger partial charge in [0.05, 0.1) is 35.7 Å². The Balaban J connectivity index is 1.97. The number of carbonyl (C=O) groups is 2. The predicted molar refractivity (Wildman–Crippen MR) is 150 cm³/mol. The number of rotatable bonds is 6. The van der Waals surface area contributed by atoms with Gasteiger partial charge in [-0.15, -0.1) is 0 Å². The molecule has 11 heteroatoms. The Morgan fingerprint density at radius 2 is 1.88 bits per heavy atom. The van der Waals surface area contributed by atoms with E-state index >= 15 is 0 Å². The molecular weight excluding hydrogens is 516 g/mol. The molecule has 3 aliphatic carbocycles. The maximum atomic E-state index is 14.3. The van der Waals surface area contributed by atoms with Crippen LogP contribution in [0.3, 0.4) is 0 Å². The van der Waals surface area contributed by atoms with Gasteiger partial charge < -0.3 is 36.0 Å². The first-order chi connectivity index (χ1) is 18.6. The first kappa shape index (κ1) is 29.4. The van der Waals surface area contributed by atoms with Crippen molar-refractivity contribution in [1.29, 1.82) is 0 Å². The van der Waals surface area contributed by atoms with Gasteiger partial charge in [-0.05, 0) is 72.2 Å². The Morgan fingerprint density at radius 1 is 1.23 bits per heavy atom. The zero-order valence-corrected chi connectivity index (χ0v) is 24.4. The van der Waals surface area contributed by atoms with Crippen molar-refractivity contribution in [2.75, 3.05) is 34.0 Å².